The average molecular weight is 281 g/mol. The van der Waals surface area contributed by atoms with E-state index in [1.54, 1.807) is 0 Å². The largest absolute Gasteiger partial charge is 0.399 e. The zero-order valence-corrected chi connectivity index (χ0v) is 10.1. The van der Waals surface area contributed by atoms with Gasteiger partial charge in [-0.25, -0.2) is 13.2 Å². The standard InChI is InChI=1S/C13H10F3N3O/c14-8-3-4-10(12(16)11(8)15)19-13(20)7-2-1-6(17)5-9(7)18/h1-5H,17-18H2,(H,19,20). The molecule has 7 heteroatoms. The molecule has 4 nitrogen and oxygen atoms in total. The Hall–Kier alpha value is -2.70. The molecule has 0 aromatic heterocycles. The lowest BCUT2D eigenvalue weighted by Crippen LogP contribution is -2.15. The zero-order chi connectivity index (χ0) is 14.9. The highest BCUT2D eigenvalue weighted by molar-refractivity contribution is 6.08. The van der Waals surface area contributed by atoms with Crippen molar-refractivity contribution in [2.24, 2.45) is 0 Å². The minimum absolute atomic E-state index is 0.0448. The molecule has 0 atom stereocenters. The predicted molar refractivity (Wildman–Crippen MR) is 69.5 cm³/mol. The van der Waals surface area contributed by atoms with Crippen molar-refractivity contribution in [2.75, 3.05) is 16.8 Å². The van der Waals surface area contributed by atoms with Crippen molar-refractivity contribution in [3.63, 3.8) is 0 Å². The monoisotopic (exact) mass is 281 g/mol. The van der Waals surface area contributed by atoms with E-state index in [4.69, 9.17) is 11.5 Å². The molecule has 20 heavy (non-hydrogen) atoms. The number of hydrogen-bond donors (Lipinski definition) is 3. The molecule has 0 aliphatic rings. The molecule has 0 aliphatic heterocycles. The number of nitrogens with one attached hydrogen (secondary N) is 1. The Morgan fingerprint density at radius 1 is 1.00 bits per heavy atom. The van der Waals surface area contributed by atoms with Gasteiger partial charge in [0.2, 0.25) is 0 Å². The van der Waals surface area contributed by atoms with E-state index in [1.807, 2.05) is 0 Å². The lowest BCUT2D eigenvalue weighted by atomic mass is 10.1. The second kappa shape index (κ2) is 5.12. The lowest BCUT2D eigenvalue weighted by Gasteiger charge is -2.09. The number of carbonyl (C=O) groups is 1. The highest BCUT2D eigenvalue weighted by Crippen LogP contribution is 2.22. The van der Waals surface area contributed by atoms with Gasteiger partial charge in [-0.05, 0) is 30.3 Å². The van der Waals surface area contributed by atoms with Crippen LogP contribution in [0.2, 0.25) is 0 Å². The fourth-order valence-corrected chi connectivity index (χ4v) is 1.60. The summed E-state index contributed by atoms with van der Waals surface area (Å²) in [7, 11) is 0. The van der Waals surface area contributed by atoms with Gasteiger partial charge in [0, 0.05) is 11.4 Å². The number of anilines is 3. The van der Waals surface area contributed by atoms with Crippen molar-refractivity contribution in [2.45, 2.75) is 0 Å². The molecule has 5 N–H and O–H groups in total. The molecule has 0 heterocycles. The number of carbonyl (C=O) groups excluding carboxylic acids is 1. The molecular formula is C13H10F3N3O. The van der Waals surface area contributed by atoms with Gasteiger partial charge < -0.3 is 16.8 Å². The molecule has 0 saturated heterocycles. The van der Waals surface area contributed by atoms with E-state index >= 15 is 0 Å². The van der Waals surface area contributed by atoms with E-state index < -0.39 is 29.0 Å². The first kappa shape index (κ1) is 13.7. The summed E-state index contributed by atoms with van der Waals surface area (Å²) < 4.78 is 39.2. The van der Waals surface area contributed by atoms with Crippen LogP contribution in [0.15, 0.2) is 30.3 Å². The molecule has 0 fully saturated rings. The highest BCUT2D eigenvalue weighted by Gasteiger charge is 2.17. The minimum Gasteiger partial charge on any atom is -0.399 e. The van der Waals surface area contributed by atoms with Crippen molar-refractivity contribution in [3.05, 3.63) is 53.3 Å². The third kappa shape index (κ3) is 2.51. The summed E-state index contributed by atoms with van der Waals surface area (Å²) in [6.45, 7) is 0. The molecular weight excluding hydrogens is 271 g/mol. The van der Waals surface area contributed by atoms with E-state index in [0.717, 1.165) is 6.07 Å². The molecule has 2 aromatic rings. The van der Waals surface area contributed by atoms with Gasteiger partial charge in [-0.15, -0.1) is 0 Å². The molecule has 104 valence electrons. The Morgan fingerprint density at radius 2 is 1.70 bits per heavy atom. The van der Waals surface area contributed by atoms with E-state index in [2.05, 4.69) is 5.32 Å². The van der Waals surface area contributed by atoms with Crippen molar-refractivity contribution in [3.8, 4) is 0 Å². The fourth-order valence-electron chi connectivity index (χ4n) is 1.60. The first-order valence-electron chi connectivity index (χ1n) is 5.50. The van der Waals surface area contributed by atoms with Crippen molar-refractivity contribution in [1.82, 2.24) is 0 Å². The zero-order valence-electron chi connectivity index (χ0n) is 10.1. The molecule has 0 aliphatic carbocycles. The number of amides is 1. The summed E-state index contributed by atoms with van der Waals surface area (Å²) in [6, 6.07) is 5.76. The molecule has 0 spiro atoms. The number of hydrogen-bond acceptors (Lipinski definition) is 3. The SMILES string of the molecule is Nc1ccc(C(=O)Nc2ccc(F)c(F)c2F)c(N)c1. The first-order chi connectivity index (χ1) is 9.40. The summed E-state index contributed by atoms with van der Waals surface area (Å²) in [5, 5.41) is 2.11. The normalized spacial score (nSPS) is 10.3. The Balaban J connectivity index is 2.30. The number of benzene rings is 2. The van der Waals surface area contributed by atoms with Crippen LogP contribution < -0.4 is 16.8 Å². The Kier molecular flexibility index (Phi) is 3.51. The molecule has 2 aromatic carbocycles. The van der Waals surface area contributed by atoms with Crippen LogP contribution in [-0.4, -0.2) is 5.91 Å². The van der Waals surface area contributed by atoms with E-state index in [-0.39, 0.29) is 11.3 Å². The van der Waals surface area contributed by atoms with Crippen LogP contribution in [0.3, 0.4) is 0 Å². The van der Waals surface area contributed by atoms with Gasteiger partial charge in [0.15, 0.2) is 17.5 Å². The van der Waals surface area contributed by atoms with Crippen LogP contribution in [0.4, 0.5) is 30.2 Å². The number of nitrogen functional groups attached to an aromatic ring is 2. The summed E-state index contributed by atoms with van der Waals surface area (Å²) in [5.74, 6) is -5.24. The lowest BCUT2D eigenvalue weighted by molar-refractivity contribution is 0.102. The van der Waals surface area contributed by atoms with Gasteiger partial charge in [-0.3, -0.25) is 4.79 Å². The van der Waals surface area contributed by atoms with Crippen LogP contribution in [0.25, 0.3) is 0 Å². The average Bonchev–Trinajstić information content (AvgIpc) is 2.39. The maximum absolute atomic E-state index is 13.4. The summed E-state index contributed by atoms with van der Waals surface area (Å²) in [6.07, 6.45) is 0. The fraction of sp³-hybridized carbons (Fsp3) is 0. The highest BCUT2D eigenvalue weighted by atomic mass is 19.2. The number of rotatable bonds is 2. The molecule has 2 rings (SSSR count). The first-order valence-corrected chi connectivity index (χ1v) is 5.50. The smallest absolute Gasteiger partial charge is 0.257 e. The van der Waals surface area contributed by atoms with Gasteiger partial charge in [0.25, 0.3) is 5.91 Å². The molecule has 1 amide bonds. The van der Waals surface area contributed by atoms with Gasteiger partial charge >= 0.3 is 0 Å². The molecule has 0 radical (unpaired) electrons. The molecule has 0 saturated carbocycles. The summed E-state index contributed by atoms with van der Waals surface area (Å²) >= 11 is 0. The molecule has 0 bridgehead atoms. The quantitative estimate of drug-likeness (QED) is 0.584. The van der Waals surface area contributed by atoms with Crippen molar-refractivity contribution >= 4 is 23.0 Å². The van der Waals surface area contributed by atoms with Gasteiger partial charge in [-0.1, -0.05) is 0 Å². The van der Waals surface area contributed by atoms with Crippen molar-refractivity contribution < 1.29 is 18.0 Å². The summed E-state index contributed by atoms with van der Waals surface area (Å²) in [4.78, 5) is 11.9. The minimum atomic E-state index is -1.66. The number of nitrogens with two attached hydrogens (primary N) is 2. The Morgan fingerprint density at radius 3 is 2.35 bits per heavy atom. The second-order valence-electron chi connectivity index (χ2n) is 4.02. The Labute approximate surface area is 112 Å². The molecule has 0 unspecified atom stereocenters. The third-order valence-corrected chi connectivity index (χ3v) is 2.60. The maximum atomic E-state index is 13.4. The van der Waals surface area contributed by atoms with E-state index in [0.29, 0.717) is 11.8 Å². The van der Waals surface area contributed by atoms with Crippen molar-refractivity contribution in [1.29, 1.82) is 0 Å². The summed E-state index contributed by atoms with van der Waals surface area (Å²) in [5.41, 5.74) is 11.1. The van der Waals surface area contributed by atoms with E-state index in [9.17, 15) is 18.0 Å². The maximum Gasteiger partial charge on any atom is 0.257 e. The van der Waals surface area contributed by atoms with Crippen LogP contribution in [0.5, 0.6) is 0 Å². The Bertz CT molecular complexity index is 689. The van der Waals surface area contributed by atoms with Gasteiger partial charge in [0.05, 0.1) is 11.3 Å². The number of halogens is 3. The second-order valence-corrected chi connectivity index (χ2v) is 4.02. The topological polar surface area (TPSA) is 81.1 Å². The van der Waals surface area contributed by atoms with Gasteiger partial charge in [0.1, 0.15) is 0 Å². The van der Waals surface area contributed by atoms with E-state index in [1.165, 1.54) is 18.2 Å². The van der Waals surface area contributed by atoms with Crippen LogP contribution in [-0.2, 0) is 0 Å². The predicted octanol–water partition coefficient (Wildman–Crippen LogP) is 2.52. The van der Waals surface area contributed by atoms with Crippen LogP contribution in [0.1, 0.15) is 10.4 Å². The third-order valence-electron chi connectivity index (χ3n) is 2.60. The van der Waals surface area contributed by atoms with Crippen LogP contribution in [0, 0.1) is 17.5 Å². The van der Waals surface area contributed by atoms with Gasteiger partial charge in [-0.2, -0.15) is 0 Å². The van der Waals surface area contributed by atoms with Crippen LogP contribution >= 0.6 is 0 Å².